The second-order valence-electron chi connectivity index (χ2n) is 13.4. The minimum atomic E-state index is -1.97. The van der Waals surface area contributed by atoms with Crippen molar-refractivity contribution in [1.29, 1.82) is 0 Å². The van der Waals surface area contributed by atoms with Crippen molar-refractivity contribution in [2.24, 2.45) is 17.8 Å². The SMILES string of the molecule is CCC(CC)C1=CC2(CC(C(CC)CC)=C1)c1ccc3cccc4c3c1-c1c(cc3c(C(O)(O)C(C)C)cccc3c12)O4. The molecule has 1 atom stereocenters. The number of hydrogen-bond acceptors (Lipinski definition) is 3. The average Bonchev–Trinajstić information content (AvgIpc) is 3.28. The summed E-state index contributed by atoms with van der Waals surface area (Å²) in [7, 11) is 0. The third-order valence-corrected chi connectivity index (χ3v) is 11.0. The molecule has 4 aromatic rings. The lowest BCUT2D eigenvalue weighted by molar-refractivity contribution is -0.200. The molecule has 3 aliphatic rings. The zero-order valence-electron chi connectivity index (χ0n) is 26.4. The number of rotatable bonds is 8. The summed E-state index contributed by atoms with van der Waals surface area (Å²) in [6.07, 6.45) is 10.5. The van der Waals surface area contributed by atoms with Crippen molar-refractivity contribution in [3.05, 3.63) is 94.6 Å². The van der Waals surface area contributed by atoms with Gasteiger partial charge in [-0.2, -0.15) is 0 Å². The van der Waals surface area contributed by atoms with Gasteiger partial charge in [0.15, 0.2) is 5.79 Å². The summed E-state index contributed by atoms with van der Waals surface area (Å²) >= 11 is 0. The van der Waals surface area contributed by atoms with Crippen molar-refractivity contribution in [1.82, 2.24) is 0 Å². The molecule has 2 N–H and O–H groups in total. The average molecular weight is 573 g/mol. The van der Waals surface area contributed by atoms with Crippen molar-refractivity contribution in [3.63, 3.8) is 0 Å². The normalized spacial score (nSPS) is 18.8. The van der Waals surface area contributed by atoms with E-state index in [-0.39, 0.29) is 11.3 Å². The van der Waals surface area contributed by atoms with Crippen molar-refractivity contribution >= 4 is 21.5 Å². The molecule has 1 aliphatic heterocycles. The van der Waals surface area contributed by atoms with Crippen LogP contribution in [0.4, 0.5) is 0 Å². The lowest BCUT2D eigenvalue weighted by atomic mass is 9.64. The van der Waals surface area contributed by atoms with E-state index in [4.69, 9.17) is 4.74 Å². The summed E-state index contributed by atoms with van der Waals surface area (Å²) in [5, 5.41) is 27.2. The molecule has 1 heterocycles. The van der Waals surface area contributed by atoms with Gasteiger partial charge in [0.1, 0.15) is 11.5 Å². The fourth-order valence-electron chi connectivity index (χ4n) is 8.51. The van der Waals surface area contributed by atoms with E-state index in [0.717, 1.165) is 54.4 Å². The molecule has 0 saturated carbocycles. The standard InChI is InChI=1S/C40H44O3/c1-7-24(8-2)27-19-28(25(9-3)10-4)22-39(21-27)32-18-17-26-13-11-16-33-35(26)36(32)37-34(43-33)20-30-29(38(37)39)14-12-15-31(30)40(41,42)23(5)6/h11-21,23-25,41-42H,7-10,22H2,1-6H3. The molecular formula is C40H44O3. The first-order valence-electron chi connectivity index (χ1n) is 16.4. The van der Waals surface area contributed by atoms with E-state index < -0.39 is 5.79 Å². The zero-order valence-corrected chi connectivity index (χ0v) is 26.4. The first-order chi connectivity index (χ1) is 20.7. The first kappa shape index (κ1) is 28.4. The lowest BCUT2D eigenvalue weighted by Gasteiger charge is -2.38. The molecule has 0 fully saturated rings. The summed E-state index contributed by atoms with van der Waals surface area (Å²) in [4.78, 5) is 0. The molecule has 1 spiro atoms. The van der Waals surface area contributed by atoms with E-state index in [1.165, 1.54) is 44.2 Å². The molecule has 3 heteroatoms. The fraction of sp³-hybridized carbons (Fsp3) is 0.400. The van der Waals surface area contributed by atoms with Crippen LogP contribution in [-0.2, 0) is 11.2 Å². The van der Waals surface area contributed by atoms with Gasteiger partial charge >= 0.3 is 0 Å². The van der Waals surface area contributed by atoms with Gasteiger partial charge in [-0.1, -0.05) is 102 Å². The van der Waals surface area contributed by atoms with Crippen LogP contribution in [0.3, 0.4) is 0 Å². The van der Waals surface area contributed by atoms with Gasteiger partial charge in [-0.3, -0.25) is 0 Å². The highest BCUT2D eigenvalue weighted by atomic mass is 16.5. The highest BCUT2D eigenvalue weighted by Crippen LogP contribution is 2.65. The van der Waals surface area contributed by atoms with Crippen LogP contribution in [0.1, 0.15) is 90.3 Å². The Labute approximate surface area is 255 Å². The molecule has 0 radical (unpaired) electrons. The van der Waals surface area contributed by atoms with Gasteiger partial charge in [-0.15, -0.1) is 0 Å². The predicted molar refractivity (Wildman–Crippen MR) is 178 cm³/mol. The van der Waals surface area contributed by atoms with Gasteiger partial charge in [0.25, 0.3) is 0 Å². The number of fused-ring (bicyclic) bond motifs is 4. The summed E-state index contributed by atoms with van der Waals surface area (Å²) < 4.78 is 6.77. The summed E-state index contributed by atoms with van der Waals surface area (Å²) in [6.45, 7) is 13.0. The van der Waals surface area contributed by atoms with E-state index in [0.29, 0.717) is 17.4 Å². The molecule has 43 heavy (non-hydrogen) atoms. The Kier molecular flexibility index (Phi) is 6.65. The Balaban J connectivity index is 1.65. The van der Waals surface area contributed by atoms with E-state index in [1.807, 2.05) is 26.0 Å². The van der Waals surface area contributed by atoms with Crippen LogP contribution in [0.5, 0.6) is 11.5 Å². The summed E-state index contributed by atoms with van der Waals surface area (Å²) in [6, 6.07) is 19.1. The van der Waals surface area contributed by atoms with Gasteiger partial charge in [-0.05, 0) is 88.9 Å². The predicted octanol–water partition coefficient (Wildman–Crippen LogP) is 10.3. The van der Waals surface area contributed by atoms with Gasteiger partial charge in [0.05, 0.1) is 0 Å². The second kappa shape index (κ2) is 10.1. The van der Waals surface area contributed by atoms with E-state index in [9.17, 15) is 10.2 Å². The smallest absolute Gasteiger partial charge is 0.192 e. The quantitative estimate of drug-likeness (QED) is 0.182. The maximum atomic E-state index is 11.4. The van der Waals surface area contributed by atoms with Crippen LogP contribution >= 0.6 is 0 Å². The highest BCUT2D eigenvalue weighted by molar-refractivity contribution is 6.13. The minimum Gasteiger partial charge on any atom is -0.456 e. The first-order valence-corrected chi connectivity index (χ1v) is 16.4. The Hall–Kier alpha value is -3.40. The van der Waals surface area contributed by atoms with Crippen LogP contribution in [0, 0.1) is 17.8 Å². The Morgan fingerprint density at radius 3 is 2.23 bits per heavy atom. The molecule has 2 aliphatic carbocycles. The number of allylic oxidation sites excluding steroid dienone is 4. The van der Waals surface area contributed by atoms with Crippen molar-refractivity contribution in [3.8, 4) is 22.6 Å². The Morgan fingerprint density at radius 1 is 0.814 bits per heavy atom. The second-order valence-corrected chi connectivity index (χ2v) is 13.4. The van der Waals surface area contributed by atoms with E-state index in [2.05, 4.69) is 82.3 Å². The van der Waals surface area contributed by atoms with Crippen LogP contribution in [0.15, 0.2) is 77.9 Å². The molecule has 222 valence electrons. The van der Waals surface area contributed by atoms with Gasteiger partial charge < -0.3 is 14.9 Å². The Morgan fingerprint density at radius 2 is 1.53 bits per heavy atom. The van der Waals surface area contributed by atoms with Crippen LogP contribution in [0.2, 0.25) is 0 Å². The number of hydrogen-bond donors (Lipinski definition) is 2. The molecule has 3 nitrogen and oxygen atoms in total. The monoisotopic (exact) mass is 572 g/mol. The summed E-state index contributed by atoms with van der Waals surface area (Å²) in [5.74, 6) is 0.349. The minimum absolute atomic E-state index is 0.372. The van der Waals surface area contributed by atoms with Crippen molar-refractivity contribution in [2.75, 3.05) is 0 Å². The van der Waals surface area contributed by atoms with Gasteiger partial charge in [0.2, 0.25) is 0 Å². The lowest BCUT2D eigenvalue weighted by Crippen LogP contribution is -2.32. The van der Waals surface area contributed by atoms with Gasteiger partial charge in [-0.25, -0.2) is 0 Å². The van der Waals surface area contributed by atoms with E-state index in [1.54, 1.807) is 0 Å². The largest absolute Gasteiger partial charge is 0.456 e. The summed E-state index contributed by atoms with van der Waals surface area (Å²) in [5.41, 5.74) is 8.24. The third-order valence-electron chi connectivity index (χ3n) is 11.0. The molecule has 7 rings (SSSR count). The number of ether oxygens (including phenoxy) is 1. The number of aliphatic hydroxyl groups is 2. The molecule has 0 saturated heterocycles. The molecule has 0 aromatic heterocycles. The van der Waals surface area contributed by atoms with Crippen LogP contribution in [-0.4, -0.2) is 10.2 Å². The highest BCUT2D eigenvalue weighted by Gasteiger charge is 2.49. The van der Waals surface area contributed by atoms with Gasteiger partial charge in [0, 0.05) is 33.4 Å². The molecule has 0 bridgehead atoms. The maximum Gasteiger partial charge on any atom is 0.192 e. The topological polar surface area (TPSA) is 49.7 Å². The molecule has 1 unspecified atom stereocenters. The molecular weight excluding hydrogens is 528 g/mol. The van der Waals surface area contributed by atoms with Crippen LogP contribution in [0.25, 0.3) is 32.7 Å². The maximum absolute atomic E-state index is 11.4. The molecule has 4 aromatic carbocycles. The van der Waals surface area contributed by atoms with E-state index >= 15 is 0 Å². The van der Waals surface area contributed by atoms with Crippen molar-refractivity contribution < 1.29 is 14.9 Å². The number of benzene rings is 4. The zero-order chi connectivity index (χ0) is 30.3. The fourth-order valence-corrected chi connectivity index (χ4v) is 8.51. The molecule has 0 amide bonds. The van der Waals surface area contributed by atoms with Crippen molar-refractivity contribution in [2.45, 2.75) is 84.8 Å². The third kappa shape index (κ3) is 3.87. The Bertz CT molecular complexity index is 1830. The van der Waals surface area contributed by atoms with Crippen LogP contribution < -0.4 is 4.74 Å².